The Labute approximate surface area is 90.9 Å². The Morgan fingerprint density at radius 3 is 3.00 bits per heavy atom. The molecule has 78 valence electrons. The van der Waals surface area contributed by atoms with E-state index >= 15 is 0 Å². The van der Waals surface area contributed by atoms with Gasteiger partial charge in [0.05, 0.1) is 23.4 Å². The molecular formula is C9H13BrN2O2. The van der Waals surface area contributed by atoms with E-state index < -0.39 is 0 Å². The Hall–Kier alpha value is -0.360. The average Bonchev–Trinajstić information content (AvgIpc) is 2.80. The minimum absolute atomic E-state index is 0.0295. The summed E-state index contributed by atoms with van der Waals surface area (Å²) in [6, 6.07) is 1.90. The van der Waals surface area contributed by atoms with Crippen molar-refractivity contribution in [1.82, 2.24) is 5.43 Å². The van der Waals surface area contributed by atoms with Gasteiger partial charge in [0.2, 0.25) is 0 Å². The van der Waals surface area contributed by atoms with E-state index in [9.17, 15) is 0 Å². The van der Waals surface area contributed by atoms with Gasteiger partial charge in [0, 0.05) is 12.5 Å². The fourth-order valence-electron chi connectivity index (χ4n) is 1.77. The van der Waals surface area contributed by atoms with Crippen LogP contribution < -0.4 is 11.3 Å². The summed E-state index contributed by atoms with van der Waals surface area (Å²) in [6.07, 6.45) is 2.67. The van der Waals surface area contributed by atoms with Gasteiger partial charge in [-0.2, -0.15) is 0 Å². The highest BCUT2D eigenvalue weighted by atomic mass is 79.9. The number of nitrogens with two attached hydrogens (primary N) is 1. The molecule has 1 aliphatic rings. The molecule has 1 saturated heterocycles. The predicted octanol–water partition coefficient (Wildman–Crippen LogP) is 1.58. The molecule has 1 aromatic rings. The quantitative estimate of drug-likeness (QED) is 0.640. The van der Waals surface area contributed by atoms with Crippen molar-refractivity contribution < 1.29 is 9.15 Å². The van der Waals surface area contributed by atoms with Crippen LogP contribution in [0.2, 0.25) is 0 Å². The highest BCUT2D eigenvalue weighted by Gasteiger charge is 2.29. The molecule has 0 spiro atoms. The zero-order valence-corrected chi connectivity index (χ0v) is 9.29. The topological polar surface area (TPSA) is 60.4 Å². The van der Waals surface area contributed by atoms with Crippen LogP contribution in [0.15, 0.2) is 21.2 Å². The van der Waals surface area contributed by atoms with Crippen molar-refractivity contribution in [2.45, 2.75) is 12.5 Å². The first-order valence-corrected chi connectivity index (χ1v) is 5.39. The van der Waals surface area contributed by atoms with Crippen LogP contribution in [0.4, 0.5) is 0 Å². The first kappa shape index (κ1) is 10.2. The molecule has 0 aliphatic carbocycles. The number of furan rings is 1. The summed E-state index contributed by atoms with van der Waals surface area (Å²) >= 11 is 3.42. The number of rotatable bonds is 3. The fraction of sp³-hybridized carbons (Fsp3) is 0.556. The van der Waals surface area contributed by atoms with Crippen molar-refractivity contribution >= 4 is 15.9 Å². The minimum atomic E-state index is 0.0295. The van der Waals surface area contributed by atoms with Crippen LogP contribution in [-0.4, -0.2) is 13.2 Å². The van der Waals surface area contributed by atoms with Crippen LogP contribution >= 0.6 is 15.9 Å². The Kier molecular flexibility index (Phi) is 3.22. The van der Waals surface area contributed by atoms with Crippen molar-refractivity contribution in [1.29, 1.82) is 0 Å². The zero-order chi connectivity index (χ0) is 9.97. The van der Waals surface area contributed by atoms with Gasteiger partial charge in [0.15, 0.2) is 0 Å². The minimum Gasteiger partial charge on any atom is -0.466 e. The molecule has 0 amide bonds. The Balaban J connectivity index is 2.16. The molecule has 2 atom stereocenters. The van der Waals surface area contributed by atoms with E-state index in [1.54, 1.807) is 6.26 Å². The Bertz CT molecular complexity index is 297. The molecule has 0 radical (unpaired) electrons. The smallest absolute Gasteiger partial charge is 0.136 e. The molecule has 2 heterocycles. The lowest BCUT2D eigenvalue weighted by Gasteiger charge is -2.19. The largest absolute Gasteiger partial charge is 0.466 e. The van der Waals surface area contributed by atoms with Crippen LogP contribution in [0.5, 0.6) is 0 Å². The number of hydrogen-bond donors (Lipinski definition) is 2. The van der Waals surface area contributed by atoms with Gasteiger partial charge in [-0.15, -0.1) is 0 Å². The molecule has 0 bridgehead atoms. The highest BCUT2D eigenvalue weighted by Crippen LogP contribution is 2.32. The van der Waals surface area contributed by atoms with Gasteiger partial charge in [0.1, 0.15) is 5.76 Å². The number of halogens is 1. The van der Waals surface area contributed by atoms with Crippen molar-refractivity contribution in [3.8, 4) is 0 Å². The zero-order valence-electron chi connectivity index (χ0n) is 7.70. The van der Waals surface area contributed by atoms with E-state index in [0.29, 0.717) is 5.92 Å². The van der Waals surface area contributed by atoms with Crippen LogP contribution in [-0.2, 0) is 4.74 Å². The van der Waals surface area contributed by atoms with Gasteiger partial charge in [-0.25, -0.2) is 5.43 Å². The molecule has 2 unspecified atom stereocenters. The molecular weight excluding hydrogens is 248 g/mol. The molecule has 5 heteroatoms. The van der Waals surface area contributed by atoms with E-state index in [2.05, 4.69) is 21.4 Å². The third-order valence-corrected chi connectivity index (χ3v) is 3.20. The lowest BCUT2D eigenvalue weighted by Crippen LogP contribution is -2.33. The number of hydrogen-bond acceptors (Lipinski definition) is 4. The lowest BCUT2D eigenvalue weighted by atomic mass is 9.98. The van der Waals surface area contributed by atoms with Crippen molar-refractivity contribution in [3.05, 3.63) is 22.6 Å². The van der Waals surface area contributed by atoms with Gasteiger partial charge in [-0.05, 0) is 28.4 Å². The SMILES string of the molecule is NNC(c1occc1Br)C1CCOC1. The van der Waals surface area contributed by atoms with Gasteiger partial charge in [-0.3, -0.25) is 5.84 Å². The maximum absolute atomic E-state index is 5.53. The second-order valence-electron chi connectivity index (χ2n) is 3.40. The lowest BCUT2D eigenvalue weighted by molar-refractivity contribution is 0.173. The third kappa shape index (κ3) is 1.86. The van der Waals surface area contributed by atoms with Gasteiger partial charge >= 0.3 is 0 Å². The molecule has 1 aromatic heterocycles. The summed E-state index contributed by atoms with van der Waals surface area (Å²) in [6.45, 7) is 1.54. The second-order valence-corrected chi connectivity index (χ2v) is 4.26. The fourth-order valence-corrected chi connectivity index (χ4v) is 2.22. The van der Waals surface area contributed by atoms with E-state index in [4.69, 9.17) is 15.0 Å². The van der Waals surface area contributed by atoms with Crippen molar-refractivity contribution in [2.24, 2.45) is 11.8 Å². The van der Waals surface area contributed by atoms with Crippen LogP contribution in [0, 0.1) is 5.92 Å². The molecule has 1 fully saturated rings. The highest BCUT2D eigenvalue weighted by molar-refractivity contribution is 9.10. The van der Waals surface area contributed by atoms with Crippen molar-refractivity contribution in [3.63, 3.8) is 0 Å². The monoisotopic (exact) mass is 260 g/mol. The maximum atomic E-state index is 5.53. The van der Waals surface area contributed by atoms with Gasteiger partial charge in [0.25, 0.3) is 0 Å². The normalized spacial score (nSPS) is 24.0. The summed E-state index contributed by atoms with van der Waals surface area (Å²) in [5, 5.41) is 0. The summed E-state index contributed by atoms with van der Waals surface area (Å²) in [7, 11) is 0. The first-order chi connectivity index (χ1) is 6.83. The molecule has 3 N–H and O–H groups in total. The van der Waals surface area contributed by atoms with Crippen molar-refractivity contribution in [2.75, 3.05) is 13.2 Å². The van der Waals surface area contributed by atoms with Crippen LogP contribution in [0.3, 0.4) is 0 Å². The molecule has 4 nitrogen and oxygen atoms in total. The summed E-state index contributed by atoms with van der Waals surface area (Å²) < 4.78 is 11.7. The Morgan fingerprint density at radius 2 is 2.50 bits per heavy atom. The number of nitrogens with one attached hydrogen (secondary N) is 1. The average molecular weight is 261 g/mol. The maximum Gasteiger partial charge on any atom is 0.136 e. The molecule has 1 aliphatic heterocycles. The number of hydrazine groups is 1. The van der Waals surface area contributed by atoms with E-state index in [-0.39, 0.29) is 6.04 Å². The third-order valence-electron chi connectivity index (χ3n) is 2.54. The van der Waals surface area contributed by atoms with E-state index in [1.165, 1.54) is 0 Å². The molecule has 2 rings (SSSR count). The molecule has 14 heavy (non-hydrogen) atoms. The summed E-state index contributed by atoms with van der Waals surface area (Å²) in [4.78, 5) is 0. The summed E-state index contributed by atoms with van der Waals surface area (Å²) in [5.74, 6) is 6.77. The van der Waals surface area contributed by atoms with Gasteiger partial charge in [-0.1, -0.05) is 0 Å². The Morgan fingerprint density at radius 1 is 1.64 bits per heavy atom. The second kappa shape index (κ2) is 4.44. The van der Waals surface area contributed by atoms with Gasteiger partial charge < -0.3 is 9.15 Å². The first-order valence-electron chi connectivity index (χ1n) is 4.59. The summed E-state index contributed by atoms with van der Waals surface area (Å²) in [5.41, 5.74) is 2.78. The van der Waals surface area contributed by atoms with Crippen LogP contribution in [0.25, 0.3) is 0 Å². The van der Waals surface area contributed by atoms with Crippen LogP contribution in [0.1, 0.15) is 18.2 Å². The van der Waals surface area contributed by atoms with E-state index in [0.717, 1.165) is 29.9 Å². The van der Waals surface area contributed by atoms with E-state index in [1.807, 2.05) is 6.07 Å². The standard InChI is InChI=1S/C9H13BrN2O2/c10-7-2-4-14-9(7)8(12-11)6-1-3-13-5-6/h2,4,6,8,12H,1,3,5,11H2. The molecule has 0 saturated carbocycles. The number of ether oxygens (including phenoxy) is 1. The molecule has 0 aromatic carbocycles. The predicted molar refractivity (Wildman–Crippen MR) is 55.4 cm³/mol.